The van der Waals surface area contributed by atoms with E-state index in [9.17, 15) is 13.6 Å². The fraction of sp³-hybridized carbons (Fsp3) is 0. The Kier molecular flexibility index (Phi) is 2.24. The fourth-order valence-corrected chi connectivity index (χ4v) is 0.879. The van der Waals surface area contributed by atoms with Crippen LogP contribution in [0, 0.1) is 23.0 Å². The first-order valence-electron chi connectivity index (χ1n) is 3.18. The van der Waals surface area contributed by atoms with Crippen LogP contribution in [-0.2, 0) is 0 Å². The Bertz CT molecular complexity index is 409. The maximum atomic E-state index is 12.8. The van der Waals surface area contributed by atoms with Gasteiger partial charge in [0.25, 0.3) is 0 Å². The quantitative estimate of drug-likeness (QED) is 0.718. The van der Waals surface area contributed by atoms with Crippen molar-refractivity contribution in [3.63, 3.8) is 0 Å². The Morgan fingerprint density at radius 1 is 1.46 bits per heavy atom. The Morgan fingerprint density at radius 2 is 2.08 bits per heavy atom. The van der Waals surface area contributed by atoms with Gasteiger partial charge in [0, 0.05) is 6.07 Å². The Morgan fingerprint density at radius 3 is 2.54 bits per heavy atom. The monoisotopic (exact) mass is 183 g/mol. The predicted octanol–water partition coefficient (Wildman–Crippen LogP) is 1.53. The van der Waals surface area contributed by atoms with Gasteiger partial charge in [-0.05, 0) is 6.07 Å². The van der Waals surface area contributed by atoms with E-state index >= 15 is 0 Å². The van der Waals surface area contributed by atoms with Gasteiger partial charge in [-0.3, -0.25) is 0 Å². The van der Waals surface area contributed by atoms with Gasteiger partial charge >= 0.3 is 5.97 Å². The van der Waals surface area contributed by atoms with E-state index in [0.717, 1.165) is 0 Å². The van der Waals surface area contributed by atoms with E-state index < -0.39 is 28.7 Å². The number of benzene rings is 1. The second-order valence-electron chi connectivity index (χ2n) is 2.23. The second-order valence-corrected chi connectivity index (χ2v) is 2.23. The van der Waals surface area contributed by atoms with Crippen LogP contribution in [0.1, 0.15) is 15.9 Å². The summed E-state index contributed by atoms with van der Waals surface area (Å²) < 4.78 is 25.3. The van der Waals surface area contributed by atoms with Gasteiger partial charge in [-0.1, -0.05) is 0 Å². The highest BCUT2D eigenvalue weighted by molar-refractivity contribution is 5.90. The lowest BCUT2D eigenvalue weighted by molar-refractivity contribution is 0.0691. The Labute approximate surface area is 71.8 Å². The minimum atomic E-state index is -1.59. The van der Waals surface area contributed by atoms with E-state index in [0.29, 0.717) is 12.1 Å². The van der Waals surface area contributed by atoms with Gasteiger partial charge in [0.05, 0.1) is 5.56 Å². The van der Waals surface area contributed by atoms with Crippen LogP contribution in [0.2, 0.25) is 0 Å². The summed E-state index contributed by atoms with van der Waals surface area (Å²) in [4.78, 5) is 10.4. The summed E-state index contributed by atoms with van der Waals surface area (Å²) in [6.45, 7) is 0. The van der Waals surface area contributed by atoms with Gasteiger partial charge in [-0.2, -0.15) is 5.26 Å². The zero-order valence-corrected chi connectivity index (χ0v) is 6.21. The summed E-state index contributed by atoms with van der Waals surface area (Å²) in [5.74, 6) is -3.81. The molecular weight excluding hydrogens is 180 g/mol. The predicted molar refractivity (Wildman–Crippen MR) is 38.0 cm³/mol. The lowest BCUT2D eigenvalue weighted by Gasteiger charge is -1.99. The molecule has 0 radical (unpaired) electrons. The van der Waals surface area contributed by atoms with Crippen LogP contribution < -0.4 is 0 Å². The van der Waals surface area contributed by atoms with Gasteiger partial charge in [0.15, 0.2) is 0 Å². The molecule has 13 heavy (non-hydrogen) atoms. The molecule has 3 nitrogen and oxygen atoms in total. The van der Waals surface area contributed by atoms with Crippen molar-refractivity contribution < 1.29 is 18.7 Å². The van der Waals surface area contributed by atoms with E-state index in [2.05, 4.69) is 0 Å². The minimum absolute atomic E-state index is 0.421. The summed E-state index contributed by atoms with van der Waals surface area (Å²) in [7, 11) is 0. The number of carboxylic acids is 1. The Balaban J connectivity index is 3.50. The highest BCUT2D eigenvalue weighted by atomic mass is 19.1. The van der Waals surface area contributed by atoms with Crippen LogP contribution >= 0.6 is 0 Å². The smallest absolute Gasteiger partial charge is 0.340 e. The largest absolute Gasteiger partial charge is 0.478 e. The molecule has 0 fully saturated rings. The van der Waals surface area contributed by atoms with Crippen LogP contribution in [0.3, 0.4) is 0 Å². The molecule has 5 heteroatoms. The molecule has 1 aromatic rings. The average molecular weight is 183 g/mol. The molecule has 0 unspecified atom stereocenters. The molecule has 0 heterocycles. The van der Waals surface area contributed by atoms with Crippen LogP contribution in [0.5, 0.6) is 0 Å². The lowest BCUT2D eigenvalue weighted by Crippen LogP contribution is -2.04. The van der Waals surface area contributed by atoms with Crippen molar-refractivity contribution in [2.75, 3.05) is 0 Å². The molecule has 66 valence electrons. The van der Waals surface area contributed by atoms with Crippen molar-refractivity contribution >= 4 is 5.97 Å². The molecule has 0 atom stereocenters. The van der Waals surface area contributed by atoms with E-state index in [1.165, 1.54) is 6.07 Å². The van der Waals surface area contributed by atoms with Crippen molar-refractivity contribution in [2.45, 2.75) is 0 Å². The van der Waals surface area contributed by atoms with Crippen molar-refractivity contribution in [3.8, 4) is 6.07 Å². The third kappa shape index (κ3) is 1.62. The van der Waals surface area contributed by atoms with Gasteiger partial charge < -0.3 is 5.11 Å². The molecule has 0 amide bonds. The molecule has 0 aliphatic heterocycles. The first-order chi connectivity index (χ1) is 6.06. The van der Waals surface area contributed by atoms with Crippen LogP contribution in [0.25, 0.3) is 0 Å². The number of nitriles is 1. The number of carbonyl (C=O) groups is 1. The SMILES string of the molecule is N#Cc1cc(F)cc(F)c1C(=O)O. The van der Waals surface area contributed by atoms with Crippen LogP contribution in [0.15, 0.2) is 12.1 Å². The molecule has 1 N–H and O–H groups in total. The standard InChI is InChI=1S/C8H3F2NO2/c9-5-1-4(3-11)7(8(12)13)6(10)2-5/h1-2H,(H,12,13). The molecule has 1 aromatic carbocycles. The molecule has 0 saturated carbocycles. The molecule has 0 spiro atoms. The molecule has 0 aliphatic rings. The molecule has 0 bridgehead atoms. The molecule has 0 aliphatic carbocycles. The first-order valence-corrected chi connectivity index (χ1v) is 3.18. The van der Waals surface area contributed by atoms with Crippen molar-refractivity contribution in [1.82, 2.24) is 0 Å². The minimum Gasteiger partial charge on any atom is -0.478 e. The maximum absolute atomic E-state index is 12.8. The van der Waals surface area contributed by atoms with Crippen molar-refractivity contribution in [3.05, 3.63) is 34.9 Å². The number of rotatable bonds is 1. The summed E-state index contributed by atoms with van der Waals surface area (Å²) in [5.41, 5.74) is -1.33. The van der Waals surface area contributed by atoms with E-state index in [1.54, 1.807) is 0 Å². The second kappa shape index (κ2) is 3.19. The van der Waals surface area contributed by atoms with E-state index in [4.69, 9.17) is 10.4 Å². The van der Waals surface area contributed by atoms with E-state index in [1.807, 2.05) is 0 Å². The normalized spacial score (nSPS) is 9.31. The average Bonchev–Trinajstić information content (AvgIpc) is 2.01. The number of carboxylic acid groups (broad SMARTS) is 1. The van der Waals surface area contributed by atoms with E-state index in [-0.39, 0.29) is 0 Å². The molecule has 0 aromatic heterocycles. The third-order valence-corrected chi connectivity index (χ3v) is 1.39. The molecule has 1 rings (SSSR count). The highest BCUT2D eigenvalue weighted by Gasteiger charge is 2.17. The topological polar surface area (TPSA) is 61.1 Å². The zero-order valence-electron chi connectivity index (χ0n) is 6.21. The van der Waals surface area contributed by atoms with Gasteiger partial charge in [-0.25, -0.2) is 13.6 Å². The number of aromatic carboxylic acids is 1. The van der Waals surface area contributed by atoms with Gasteiger partial charge in [0.1, 0.15) is 23.3 Å². The Hall–Kier alpha value is -1.96. The lowest BCUT2D eigenvalue weighted by atomic mass is 10.1. The zero-order chi connectivity index (χ0) is 10.0. The molecule has 0 saturated heterocycles. The summed E-state index contributed by atoms with van der Waals surface area (Å²) in [6.07, 6.45) is 0. The fourth-order valence-electron chi connectivity index (χ4n) is 0.879. The third-order valence-electron chi connectivity index (χ3n) is 1.39. The summed E-state index contributed by atoms with van der Waals surface area (Å²) >= 11 is 0. The van der Waals surface area contributed by atoms with Gasteiger partial charge in [-0.15, -0.1) is 0 Å². The number of hydrogen-bond donors (Lipinski definition) is 1. The van der Waals surface area contributed by atoms with Crippen molar-refractivity contribution in [2.24, 2.45) is 0 Å². The van der Waals surface area contributed by atoms with Crippen LogP contribution in [0.4, 0.5) is 8.78 Å². The molecular formula is C8H3F2NO2. The van der Waals surface area contributed by atoms with Crippen LogP contribution in [-0.4, -0.2) is 11.1 Å². The first kappa shape index (κ1) is 9.13. The van der Waals surface area contributed by atoms with Gasteiger partial charge in [0.2, 0.25) is 0 Å². The number of halogens is 2. The number of hydrogen-bond acceptors (Lipinski definition) is 2. The maximum Gasteiger partial charge on any atom is 0.340 e. The van der Waals surface area contributed by atoms with Crippen molar-refractivity contribution in [1.29, 1.82) is 5.26 Å². The summed E-state index contributed by atoms with van der Waals surface area (Å²) in [5, 5.41) is 16.8. The number of nitrogens with zero attached hydrogens (tertiary/aromatic N) is 1. The summed E-state index contributed by atoms with van der Waals surface area (Å²) in [6, 6.07) is 2.49. The highest BCUT2D eigenvalue weighted by Crippen LogP contribution is 2.14.